The lowest BCUT2D eigenvalue weighted by Crippen LogP contribution is -2.55. The van der Waals surface area contributed by atoms with Crippen LogP contribution in [0.15, 0.2) is 78.9 Å². The van der Waals surface area contributed by atoms with Crippen molar-refractivity contribution < 1.29 is 19.4 Å². The molecule has 1 amide bonds. The number of aromatic hydroxyl groups is 1. The zero-order valence-corrected chi connectivity index (χ0v) is 16.7. The van der Waals surface area contributed by atoms with E-state index in [9.17, 15) is 14.7 Å². The van der Waals surface area contributed by atoms with Crippen LogP contribution in [0.2, 0.25) is 0 Å². The van der Waals surface area contributed by atoms with Gasteiger partial charge in [-0.3, -0.25) is 9.59 Å². The molecule has 0 saturated carbocycles. The molecule has 1 N–H and O–H groups in total. The van der Waals surface area contributed by atoms with E-state index in [0.717, 1.165) is 17.0 Å². The van der Waals surface area contributed by atoms with Crippen molar-refractivity contribution in [2.75, 3.05) is 12.0 Å². The maximum Gasteiger partial charge on any atom is 0.233 e. The Bertz CT molecular complexity index is 1030. The molecule has 0 radical (unpaired) electrons. The third kappa shape index (κ3) is 3.79. The lowest BCUT2D eigenvalue weighted by atomic mass is 9.78. The summed E-state index contributed by atoms with van der Waals surface area (Å²) in [6, 6.07) is 23.2. The minimum atomic E-state index is -0.288. The largest absolute Gasteiger partial charge is 0.508 e. The number of methoxy groups -OCH3 is 1. The number of ketones is 1. The number of phenolic OH excluding ortho intramolecular Hbond substituents is 1. The summed E-state index contributed by atoms with van der Waals surface area (Å²) in [5.74, 6) is 0.647. The zero-order chi connectivity index (χ0) is 21.1. The van der Waals surface area contributed by atoms with Gasteiger partial charge in [0.05, 0.1) is 19.1 Å². The van der Waals surface area contributed by atoms with Gasteiger partial charge < -0.3 is 14.7 Å². The Morgan fingerprint density at radius 1 is 0.967 bits per heavy atom. The van der Waals surface area contributed by atoms with E-state index in [4.69, 9.17) is 4.74 Å². The second-order valence-corrected chi connectivity index (χ2v) is 7.38. The standard InChI is InChI=1S/C25H23NO4/c1-30-21-13-9-19(10-14-21)26-24(18-7-11-20(27)12-8-18)22(25(26)29)15-16-23(28)17-5-3-2-4-6-17/h2-14,22,24,27H,15-16H2,1H3/t22-,24-/m1/s1. The van der Waals surface area contributed by atoms with Gasteiger partial charge in [0.2, 0.25) is 5.91 Å². The van der Waals surface area contributed by atoms with Crippen LogP contribution in [0.5, 0.6) is 11.5 Å². The predicted molar refractivity (Wildman–Crippen MR) is 115 cm³/mol. The highest BCUT2D eigenvalue weighted by molar-refractivity contribution is 6.04. The fourth-order valence-corrected chi connectivity index (χ4v) is 3.97. The maximum absolute atomic E-state index is 13.1. The number of carbonyl (C=O) groups excluding carboxylic acids is 2. The number of benzene rings is 3. The van der Waals surface area contributed by atoms with Gasteiger partial charge in [-0.05, 0) is 48.4 Å². The zero-order valence-electron chi connectivity index (χ0n) is 16.7. The van der Waals surface area contributed by atoms with Crippen LogP contribution in [0.1, 0.15) is 34.8 Å². The summed E-state index contributed by atoms with van der Waals surface area (Å²) in [5, 5.41) is 9.65. The molecule has 0 aromatic heterocycles. The highest BCUT2D eigenvalue weighted by atomic mass is 16.5. The molecule has 3 aromatic carbocycles. The van der Waals surface area contributed by atoms with E-state index < -0.39 is 0 Å². The summed E-state index contributed by atoms with van der Waals surface area (Å²) >= 11 is 0. The first-order valence-corrected chi connectivity index (χ1v) is 9.93. The fraction of sp³-hybridized carbons (Fsp3) is 0.200. The Labute approximate surface area is 175 Å². The molecule has 3 aromatic rings. The number of rotatable bonds is 7. The summed E-state index contributed by atoms with van der Waals surface area (Å²) in [4.78, 5) is 27.3. The van der Waals surface area contributed by atoms with Crippen molar-refractivity contribution in [2.45, 2.75) is 18.9 Å². The lowest BCUT2D eigenvalue weighted by Gasteiger charge is -2.47. The molecule has 1 heterocycles. The van der Waals surface area contributed by atoms with Crippen LogP contribution < -0.4 is 9.64 Å². The minimum absolute atomic E-state index is 0.000830. The molecule has 0 bridgehead atoms. The first-order chi connectivity index (χ1) is 14.6. The first-order valence-electron chi connectivity index (χ1n) is 9.93. The molecule has 0 spiro atoms. The fourth-order valence-electron chi connectivity index (χ4n) is 3.97. The van der Waals surface area contributed by atoms with Crippen molar-refractivity contribution in [3.05, 3.63) is 90.0 Å². The molecule has 5 heteroatoms. The third-order valence-electron chi connectivity index (χ3n) is 5.58. The number of carbonyl (C=O) groups is 2. The molecular weight excluding hydrogens is 378 g/mol. The number of phenols is 1. The predicted octanol–water partition coefficient (Wildman–Crippen LogP) is 4.77. The smallest absolute Gasteiger partial charge is 0.233 e. The number of hydrogen-bond acceptors (Lipinski definition) is 4. The molecule has 30 heavy (non-hydrogen) atoms. The van der Waals surface area contributed by atoms with Crippen molar-refractivity contribution in [1.82, 2.24) is 0 Å². The summed E-state index contributed by atoms with van der Waals surface area (Å²) in [7, 11) is 1.60. The van der Waals surface area contributed by atoms with Crippen LogP contribution in [0.25, 0.3) is 0 Å². The molecule has 5 nitrogen and oxygen atoms in total. The van der Waals surface area contributed by atoms with Crippen LogP contribution in [-0.2, 0) is 4.79 Å². The van der Waals surface area contributed by atoms with Gasteiger partial charge in [-0.2, -0.15) is 0 Å². The summed E-state index contributed by atoms with van der Waals surface area (Å²) in [5.41, 5.74) is 2.38. The highest BCUT2D eigenvalue weighted by Gasteiger charge is 2.48. The summed E-state index contributed by atoms with van der Waals surface area (Å²) < 4.78 is 5.21. The van der Waals surface area contributed by atoms with Crippen molar-refractivity contribution in [1.29, 1.82) is 0 Å². The minimum Gasteiger partial charge on any atom is -0.508 e. The van der Waals surface area contributed by atoms with Gasteiger partial charge in [0, 0.05) is 17.7 Å². The number of amides is 1. The molecule has 152 valence electrons. The topological polar surface area (TPSA) is 66.8 Å². The average Bonchev–Trinajstić information content (AvgIpc) is 2.79. The SMILES string of the molecule is COc1ccc(N2C(=O)[C@H](CCC(=O)c3ccccc3)[C@H]2c2ccc(O)cc2)cc1. The number of β-lactam (4-membered cyclic amide) rings is 1. The molecule has 2 atom stereocenters. The maximum atomic E-state index is 13.1. The van der Waals surface area contributed by atoms with Crippen molar-refractivity contribution in [3.63, 3.8) is 0 Å². The van der Waals surface area contributed by atoms with Gasteiger partial charge in [0.15, 0.2) is 5.78 Å². The van der Waals surface area contributed by atoms with Crippen molar-refractivity contribution in [2.24, 2.45) is 5.92 Å². The van der Waals surface area contributed by atoms with Gasteiger partial charge in [-0.1, -0.05) is 42.5 Å². The molecular formula is C25H23NO4. The number of nitrogens with zero attached hydrogens (tertiary/aromatic N) is 1. The molecule has 1 saturated heterocycles. The van der Waals surface area contributed by atoms with Crippen LogP contribution >= 0.6 is 0 Å². The van der Waals surface area contributed by atoms with E-state index in [-0.39, 0.29) is 29.4 Å². The van der Waals surface area contributed by atoms with Gasteiger partial charge in [0.1, 0.15) is 11.5 Å². The van der Waals surface area contributed by atoms with E-state index >= 15 is 0 Å². The highest BCUT2D eigenvalue weighted by Crippen LogP contribution is 2.46. The van der Waals surface area contributed by atoms with E-state index in [1.165, 1.54) is 0 Å². The van der Waals surface area contributed by atoms with Gasteiger partial charge in [-0.15, -0.1) is 0 Å². The van der Waals surface area contributed by atoms with E-state index in [0.29, 0.717) is 18.4 Å². The first kappa shape index (κ1) is 19.7. The number of Topliss-reactive ketones (excluding diaryl/α,β-unsaturated/α-hetero) is 1. The molecule has 0 aliphatic carbocycles. The normalized spacial score (nSPS) is 18.0. The van der Waals surface area contributed by atoms with Crippen LogP contribution in [0.3, 0.4) is 0 Å². The number of ether oxygens (including phenoxy) is 1. The number of hydrogen-bond donors (Lipinski definition) is 1. The second kappa shape index (κ2) is 8.41. The van der Waals surface area contributed by atoms with E-state index in [2.05, 4.69) is 0 Å². The Morgan fingerprint density at radius 2 is 1.63 bits per heavy atom. The van der Waals surface area contributed by atoms with Crippen LogP contribution in [0.4, 0.5) is 5.69 Å². The van der Waals surface area contributed by atoms with E-state index in [1.54, 1.807) is 36.3 Å². The molecule has 1 fully saturated rings. The lowest BCUT2D eigenvalue weighted by molar-refractivity contribution is -0.130. The number of anilines is 1. The summed E-state index contributed by atoms with van der Waals surface area (Å²) in [6.45, 7) is 0. The Kier molecular flexibility index (Phi) is 5.53. The molecule has 4 rings (SSSR count). The van der Waals surface area contributed by atoms with E-state index in [1.807, 2.05) is 54.6 Å². The van der Waals surface area contributed by atoms with Crippen LogP contribution in [-0.4, -0.2) is 23.9 Å². The molecule has 1 aliphatic rings. The van der Waals surface area contributed by atoms with Gasteiger partial charge >= 0.3 is 0 Å². The Hall–Kier alpha value is -3.60. The van der Waals surface area contributed by atoms with Crippen molar-refractivity contribution >= 4 is 17.4 Å². The molecule has 0 unspecified atom stereocenters. The Balaban J connectivity index is 1.56. The van der Waals surface area contributed by atoms with Crippen LogP contribution in [0, 0.1) is 5.92 Å². The molecule has 1 aliphatic heterocycles. The van der Waals surface area contributed by atoms with Gasteiger partial charge in [-0.25, -0.2) is 0 Å². The second-order valence-electron chi connectivity index (χ2n) is 7.38. The third-order valence-corrected chi connectivity index (χ3v) is 5.58. The Morgan fingerprint density at radius 3 is 2.27 bits per heavy atom. The van der Waals surface area contributed by atoms with Gasteiger partial charge in [0.25, 0.3) is 0 Å². The van der Waals surface area contributed by atoms with Crippen molar-refractivity contribution in [3.8, 4) is 11.5 Å². The monoisotopic (exact) mass is 401 g/mol. The average molecular weight is 401 g/mol. The quantitative estimate of drug-likeness (QED) is 0.458. The summed E-state index contributed by atoms with van der Waals surface area (Å²) in [6.07, 6.45) is 0.788.